The molecule has 2 atom stereocenters. The third-order valence-electron chi connectivity index (χ3n) is 5.26. The highest BCUT2D eigenvalue weighted by Crippen LogP contribution is 2.33. The molecular formula is C19H27N3O2. The summed E-state index contributed by atoms with van der Waals surface area (Å²) in [5.74, 6) is 0.0659. The summed E-state index contributed by atoms with van der Waals surface area (Å²) in [5, 5.41) is 0. The quantitative estimate of drug-likeness (QED) is 0.857. The van der Waals surface area contributed by atoms with Crippen LogP contribution in [0.5, 0.6) is 0 Å². The minimum absolute atomic E-state index is 0.110. The molecule has 0 radical (unpaired) electrons. The van der Waals surface area contributed by atoms with Gasteiger partial charge < -0.3 is 9.80 Å². The Morgan fingerprint density at radius 2 is 1.96 bits per heavy atom. The van der Waals surface area contributed by atoms with Crippen molar-refractivity contribution in [2.24, 2.45) is 5.92 Å². The third-order valence-corrected chi connectivity index (χ3v) is 5.26. The Balaban J connectivity index is 1.79. The van der Waals surface area contributed by atoms with E-state index in [1.54, 1.807) is 12.4 Å². The third kappa shape index (κ3) is 3.45. The number of hydrogen-bond acceptors (Lipinski definition) is 3. The summed E-state index contributed by atoms with van der Waals surface area (Å²) >= 11 is 0. The number of pyridine rings is 1. The molecule has 5 heteroatoms. The van der Waals surface area contributed by atoms with E-state index in [2.05, 4.69) is 4.98 Å². The zero-order chi connectivity index (χ0) is 17.1. The molecule has 0 spiro atoms. The van der Waals surface area contributed by atoms with Crippen LogP contribution in [0.3, 0.4) is 0 Å². The van der Waals surface area contributed by atoms with Crippen LogP contribution < -0.4 is 0 Å². The van der Waals surface area contributed by atoms with E-state index < -0.39 is 0 Å². The van der Waals surface area contributed by atoms with Crippen LogP contribution in [0.4, 0.5) is 0 Å². The molecule has 2 saturated heterocycles. The van der Waals surface area contributed by atoms with Crippen LogP contribution >= 0.6 is 0 Å². The normalized spacial score (nSPS) is 25.2. The van der Waals surface area contributed by atoms with Gasteiger partial charge in [-0.2, -0.15) is 0 Å². The van der Waals surface area contributed by atoms with Gasteiger partial charge >= 0.3 is 0 Å². The largest absolute Gasteiger partial charge is 0.339 e. The molecule has 2 unspecified atom stereocenters. The lowest BCUT2D eigenvalue weighted by Crippen LogP contribution is -2.40. The monoisotopic (exact) mass is 329 g/mol. The molecule has 0 aromatic carbocycles. The Hall–Kier alpha value is -1.91. The van der Waals surface area contributed by atoms with Crippen molar-refractivity contribution in [3.63, 3.8) is 0 Å². The fourth-order valence-electron chi connectivity index (χ4n) is 3.93. The van der Waals surface area contributed by atoms with E-state index in [1.807, 2.05) is 35.8 Å². The van der Waals surface area contributed by atoms with Gasteiger partial charge in [-0.3, -0.25) is 14.6 Å². The zero-order valence-corrected chi connectivity index (χ0v) is 14.6. The minimum atomic E-state index is -0.192. The summed E-state index contributed by atoms with van der Waals surface area (Å²) in [5.41, 5.74) is 1.16. The van der Waals surface area contributed by atoms with Gasteiger partial charge in [-0.25, -0.2) is 0 Å². The molecule has 0 aliphatic carbocycles. The predicted octanol–water partition coefficient (Wildman–Crippen LogP) is 2.78. The van der Waals surface area contributed by atoms with Crippen LogP contribution in [0.2, 0.25) is 0 Å². The van der Waals surface area contributed by atoms with Gasteiger partial charge in [-0.05, 0) is 44.4 Å². The van der Waals surface area contributed by atoms with E-state index >= 15 is 0 Å². The summed E-state index contributed by atoms with van der Waals surface area (Å²) in [6.45, 7) is 5.38. The number of rotatable bonds is 3. The number of carbonyl (C=O) groups is 2. The molecule has 5 nitrogen and oxygen atoms in total. The summed E-state index contributed by atoms with van der Waals surface area (Å²) < 4.78 is 0. The molecule has 2 aliphatic rings. The standard InChI is InChI=1S/C19H27N3O2/c1-14(2)22-13-16(12-18(22)23)19(24)21-11-5-3-4-6-17(21)15-7-9-20-10-8-15/h7-10,14,16-17H,3-6,11-13H2,1-2H3. The highest BCUT2D eigenvalue weighted by atomic mass is 16.2. The minimum Gasteiger partial charge on any atom is -0.339 e. The second-order valence-corrected chi connectivity index (χ2v) is 7.22. The van der Waals surface area contributed by atoms with Crippen molar-refractivity contribution in [1.29, 1.82) is 0 Å². The van der Waals surface area contributed by atoms with Gasteiger partial charge in [0.25, 0.3) is 0 Å². The molecule has 3 rings (SSSR count). The average Bonchev–Trinajstić information content (AvgIpc) is 2.82. The second-order valence-electron chi connectivity index (χ2n) is 7.22. The lowest BCUT2D eigenvalue weighted by Gasteiger charge is -2.32. The van der Waals surface area contributed by atoms with E-state index in [9.17, 15) is 9.59 Å². The molecule has 130 valence electrons. The van der Waals surface area contributed by atoms with Crippen molar-refractivity contribution in [1.82, 2.24) is 14.8 Å². The summed E-state index contributed by atoms with van der Waals surface area (Å²) in [6.07, 6.45) is 8.28. The van der Waals surface area contributed by atoms with Crippen LogP contribution in [0.1, 0.15) is 57.6 Å². The van der Waals surface area contributed by atoms with Gasteiger partial charge in [0, 0.05) is 37.9 Å². The fraction of sp³-hybridized carbons (Fsp3) is 0.632. The van der Waals surface area contributed by atoms with E-state index in [0.717, 1.165) is 37.8 Å². The Bertz CT molecular complexity index is 588. The van der Waals surface area contributed by atoms with Gasteiger partial charge in [-0.15, -0.1) is 0 Å². The molecule has 1 aromatic rings. The summed E-state index contributed by atoms with van der Waals surface area (Å²) in [4.78, 5) is 33.3. The molecule has 2 aliphatic heterocycles. The van der Waals surface area contributed by atoms with Gasteiger partial charge in [-0.1, -0.05) is 12.8 Å². The molecule has 2 amide bonds. The molecule has 0 bridgehead atoms. The number of hydrogen-bond donors (Lipinski definition) is 0. The summed E-state index contributed by atoms with van der Waals surface area (Å²) in [6, 6.07) is 4.30. The van der Waals surface area contributed by atoms with Crippen LogP contribution in [-0.4, -0.2) is 45.7 Å². The summed E-state index contributed by atoms with van der Waals surface area (Å²) in [7, 11) is 0. The first-order chi connectivity index (χ1) is 11.6. The molecule has 0 N–H and O–H groups in total. The Morgan fingerprint density at radius 3 is 2.62 bits per heavy atom. The average molecular weight is 329 g/mol. The van der Waals surface area contributed by atoms with Crippen molar-refractivity contribution >= 4 is 11.8 Å². The number of aromatic nitrogens is 1. The Labute approximate surface area is 144 Å². The zero-order valence-electron chi connectivity index (χ0n) is 14.6. The van der Waals surface area contributed by atoms with Crippen LogP contribution in [0, 0.1) is 5.92 Å². The number of nitrogens with zero attached hydrogens (tertiary/aromatic N) is 3. The fourth-order valence-corrected chi connectivity index (χ4v) is 3.93. The van der Waals surface area contributed by atoms with Crippen molar-refractivity contribution in [2.75, 3.05) is 13.1 Å². The van der Waals surface area contributed by atoms with Crippen LogP contribution in [0.25, 0.3) is 0 Å². The maximum absolute atomic E-state index is 13.2. The highest BCUT2D eigenvalue weighted by molar-refractivity contribution is 5.89. The first-order valence-electron chi connectivity index (χ1n) is 9.08. The van der Waals surface area contributed by atoms with Crippen molar-refractivity contribution in [2.45, 2.75) is 58.0 Å². The first kappa shape index (κ1) is 16.9. The second kappa shape index (κ2) is 7.32. The smallest absolute Gasteiger partial charge is 0.228 e. The maximum Gasteiger partial charge on any atom is 0.228 e. The molecule has 24 heavy (non-hydrogen) atoms. The van der Waals surface area contributed by atoms with Gasteiger partial charge in [0.2, 0.25) is 11.8 Å². The van der Waals surface area contributed by atoms with E-state index in [-0.39, 0.29) is 29.8 Å². The molecule has 2 fully saturated rings. The molecule has 0 saturated carbocycles. The van der Waals surface area contributed by atoms with Crippen molar-refractivity contribution in [3.8, 4) is 0 Å². The van der Waals surface area contributed by atoms with Crippen LogP contribution in [-0.2, 0) is 9.59 Å². The van der Waals surface area contributed by atoms with Crippen molar-refractivity contribution in [3.05, 3.63) is 30.1 Å². The predicted molar refractivity (Wildman–Crippen MR) is 92.1 cm³/mol. The Morgan fingerprint density at radius 1 is 1.21 bits per heavy atom. The highest BCUT2D eigenvalue weighted by Gasteiger charge is 2.39. The molecular weight excluding hydrogens is 302 g/mol. The van der Waals surface area contributed by atoms with Gasteiger partial charge in [0.15, 0.2) is 0 Å². The maximum atomic E-state index is 13.2. The first-order valence-corrected chi connectivity index (χ1v) is 9.08. The number of carbonyl (C=O) groups excluding carboxylic acids is 2. The van der Waals surface area contributed by atoms with E-state index in [0.29, 0.717) is 13.0 Å². The van der Waals surface area contributed by atoms with Gasteiger partial charge in [0.1, 0.15) is 0 Å². The SMILES string of the molecule is CC(C)N1CC(C(=O)N2CCCCCC2c2ccncc2)CC1=O. The number of amides is 2. The molecule has 3 heterocycles. The lowest BCUT2D eigenvalue weighted by atomic mass is 9.99. The lowest BCUT2D eigenvalue weighted by molar-refractivity contribution is -0.138. The van der Waals surface area contributed by atoms with Crippen molar-refractivity contribution < 1.29 is 9.59 Å². The molecule has 1 aromatic heterocycles. The van der Waals surface area contributed by atoms with Crippen LogP contribution in [0.15, 0.2) is 24.5 Å². The van der Waals surface area contributed by atoms with Gasteiger partial charge in [0.05, 0.1) is 12.0 Å². The van der Waals surface area contributed by atoms with E-state index in [4.69, 9.17) is 0 Å². The van der Waals surface area contributed by atoms with E-state index in [1.165, 1.54) is 0 Å². The number of likely N-dealkylation sites (tertiary alicyclic amines) is 2. The topological polar surface area (TPSA) is 53.5 Å². The Kier molecular flexibility index (Phi) is 5.17.